The van der Waals surface area contributed by atoms with Crippen molar-refractivity contribution < 1.29 is 9.21 Å². The second kappa shape index (κ2) is 7.80. The van der Waals surface area contributed by atoms with Gasteiger partial charge in [0, 0.05) is 36.6 Å². The first-order valence-corrected chi connectivity index (χ1v) is 9.57. The number of aromatic nitrogens is 3. The highest BCUT2D eigenvalue weighted by molar-refractivity contribution is 5.87. The average molecular weight is 377 g/mol. The minimum Gasteiger partial charge on any atom is -0.423 e. The first kappa shape index (κ1) is 18.2. The molecule has 144 valence electrons. The minimum atomic E-state index is -0.198. The fourth-order valence-corrected chi connectivity index (χ4v) is 3.27. The highest BCUT2D eigenvalue weighted by atomic mass is 16.4. The molecule has 0 bridgehead atoms. The van der Waals surface area contributed by atoms with E-state index in [1.165, 1.54) is 0 Å². The van der Waals surface area contributed by atoms with Gasteiger partial charge in [0.1, 0.15) is 0 Å². The van der Waals surface area contributed by atoms with Crippen LogP contribution in [-0.4, -0.2) is 33.3 Å². The predicted octanol–water partition coefficient (Wildman–Crippen LogP) is 4.00. The number of nitrogens with one attached hydrogen (secondary N) is 1. The van der Waals surface area contributed by atoms with Crippen molar-refractivity contribution in [1.82, 2.24) is 15.0 Å². The molecule has 3 heterocycles. The molecule has 4 rings (SSSR count). The first-order valence-electron chi connectivity index (χ1n) is 9.57. The monoisotopic (exact) mass is 377 g/mol. The molecule has 1 saturated heterocycles. The molecule has 1 aromatic carbocycles. The van der Waals surface area contributed by atoms with Crippen molar-refractivity contribution in [2.24, 2.45) is 0 Å². The van der Waals surface area contributed by atoms with Crippen molar-refractivity contribution in [3.05, 3.63) is 48.4 Å². The Morgan fingerprint density at radius 1 is 1.21 bits per heavy atom. The van der Waals surface area contributed by atoms with Gasteiger partial charge in [-0.25, -0.2) is 15.0 Å². The summed E-state index contributed by atoms with van der Waals surface area (Å²) in [7, 11) is 0. The third-order valence-electron chi connectivity index (χ3n) is 5.01. The lowest BCUT2D eigenvalue weighted by Gasteiger charge is -2.30. The fourth-order valence-electron chi connectivity index (χ4n) is 3.27. The van der Waals surface area contributed by atoms with Gasteiger partial charge in [-0.1, -0.05) is 19.1 Å². The van der Waals surface area contributed by atoms with Crippen LogP contribution in [0.2, 0.25) is 0 Å². The SMILES string of the molecule is CCc1cnc(Nc2cccc(-c3cnc(N4CCCC(=O)C4C)o3)c2)nc1. The second-order valence-electron chi connectivity index (χ2n) is 6.92. The molecule has 1 atom stereocenters. The maximum Gasteiger partial charge on any atom is 0.298 e. The van der Waals surface area contributed by atoms with Crippen LogP contribution >= 0.6 is 0 Å². The third-order valence-corrected chi connectivity index (χ3v) is 5.01. The zero-order chi connectivity index (χ0) is 19.5. The molecule has 28 heavy (non-hydrogen) atoms. The topological polar surface area (TPSA) is 84.2 Å². The molecule has 0 aliphatic carbocycles. The van der Waals surface area contributed by atoms with Crippen molar-refractivity contribution in [3.63, 3.8) is 0 Å². The van der Waals surface area contributed by atoms with E-state index < -0.39 is 0 Å². The van der Waals surface area contributed by atoms with Gasteiger partial charge in [-0.2, -0.15) is 0 Å². The quantitative estimate of drug-likeness (QED) is 0.719. The van der Waals surface area contributed by atoms with Crippen LogP contribution in [0.3, 0.4) is 0 Å². The number of hydrogen-bond donors (Lipinski definition) is 1. The Labute approximate surface area is 163 Å². The normalized spacial score (nSPS) is 17.0. The summed E-state index contributed by atoms with van der Waals surface area (Å²) in [5.74, 6) is 1.44. The maximum absolute atomic E-state index is 12.0. The summed E-state index contributed by atoms with van der Waals surface area (Å²) in [6, 6.07) is 8.10. The number of ketones is 1. The Hall–Kier alpha value is -3.22. The molecule has 1 fully saturated rings. The highest BCUT2D eigenvalue weighted by Crippen LogP contribution is 2.29. The summed E-state index contributed by atoms with van der Waals surface area (Å²) >= 11 is 0. The number of nitrogens with zero attached hydrogens (tertiary/aromatic N) is 4. The van der Waals surface area contributed by atoms with Crippen molar-refractivity contribution >= 4 is 23.4 Å². The van der Waals surface area contributed by atoms with Gasteiger partial charge in [-0.15, -0.1) is 0 Å². The summed E-state index contributed by atoms with van der Waals surface area (Å²) in [5, 5.41) is 3.21. The van der Waals surface area contributed by atoms with E-state index in [2.05, 4.69) is 27.2 Å². The van der Waals surface area contributed by atoms with Gasteiger partial charge < -0.3 is 14.6 Å². The summed E-state index contributed by atoms with van der Waals surface area (Å²) < 4.78 is 5.97. The molecule has 0 amide bonds. The molecular formula is C21H23N5O2. The number of oxazole rings is 1. The van der Waals surface area contributed by atoms with Gasteiger partial charge in [-0.3, -0.25) is 4.79 Å². The van der Waals surface area contributed by atoms with E-state index in [0.717, 1.165) is 36.2 Å². The standard InChI is InChI=1S/C21H23N5O2/c1-3-15-11-22-20(23-12-15)25-17-7-4-6-16(10-17)19-13-24-21(28-19)26-9-5-8-18(27)14(26)2/h4,6-7,10-14H,3,5,8-9H2,1-2H3,(H,22,23,25). The van der Waals surface area contributed by atoms with E-state index in [0.29, 0.717) is 24.1 Å². The van der Waals surface area contributed by atoms with Crippen LogP contribution in [-0.2, 0) is 11.2 Å². The van der Waals surface area contributed by atoms with Crippen LogP contribution in [0.1, 0.15) is 32.3 Å². The summed E-state index contributed by atoms with van der Waals surface area (Å²) in [6.07, 6.45) is 7.71. The summed E-state index contributed by atoms with van der Waals surface area (Å²) in [5.41, 5.74) is 2.85. The molecular weight excluding hydrogens is 354 g/mol. The van der Waals surface area contributed by atoms with Crippen LogP contribution in [0.25, 0.3) is 11.3 Å². The largest absolute Gasteiger partial charge is 0.423 e. The van der Waals surface area contributed by atoms with E-state index in [1.807, 2.05) is 48.5 Å². The number of piperidine rings is 1. The summed E-state index contributed by atoms with van der Waals surface area (Å²) in [6.45, 7) is 4.75. The summed E-state index contributed by atoms with van der Waals surface area (Å²) in [4.78, 5) is 27.0. The third kappa shape index (κ3) is 3.74. The molecule has 1 unspecified atom stereocenters. The van der Waals surface area contributed by atoms with Crippen LogP contribution < -0.4 is 10.2 Å². The van der Waals surface area contributed by atoms with Crippen molar-refractivity contribution in [3.8, 4) is 11.3 Å². The minimum absolute atomic E-state index is 0.198. The van der Waals surface area contributed by atoms with Crippen LogP contribution in [0, 0.1) is 0 Å². The Bertz CT molecular complexity index is 967. The molecule has 0 radical (unpaired) electrons. The average Bonchev–Trinajstić information content (AvgIpc) is 3.21. The van der Waals surface area contributed by atoms with E-state index >= 15 is 0 Å². The lowest BCUT2D eigenvalue weighted by Crippen LogP contribution is -2.44. The smallest absolute Gasteiger partial charge is 0.298 e. The van der Waals surface area contributed by atoms with Crippen molar-refractivity contribution in [1.29, 1.82) is 0 Å². The zero-order valence-electron chi connectivity index (χ0n) is 16.1. The van der Waals surface area contributed by atoms with Crippen LogP contribution in [0.4, 0.5) is 17.7 Å². The van der Waals surface area contributed by atoms with Gasteiger partial charge in [0.2, 0.25) is 5.95 Å². The Kier molecular flexibility index (Phi) is 5.06. The molecule has 1 N–H and O–H groups in total. The zero-order valence-corrected chi connectivity index (χ0v) is 16.1. The number of benzene rings is 1. The van der Waals surface area contributed by atoms with Gasteiger partial charge in [0.05, 0.1) is 12.2 Å². The van der Waals surface area contributed by atoms with Gasteiger partial charge in [0.25, 0.3) is 6.01 Å². The van der Waals surface area contributed by atoms with Crippen LogP contribution in [0.5, 0.6) is 0 Å². The Balaban J connectivity index is 1.53. The van der Waals surface area contributed by atoms with E-state index in [9.17, 15) is 4.79 Å². The molecule has 0 spiro atoms. The van der Waals surface area contributed by atoms with Gasteiger partial charge in [0.15, 0.2) is 11.5 Å². The molecule has 2 aromatic heterocycles. The number of anilines is 3. The molecule has 7 heteroatoms. The van der Waals surface area contributed by atoms with Gasteiger partial charge in [-0.05, 0) is 37.5 Å². The van der Waals surface area contributed by atoms with E-state index in [1.54, 1.807) is 6.20 Å². The van der Waals surface area contributed by atoms with Crippen molar-refractivity contribution in [2.45, 2.75) is 39.2 Å². The number of hydrogen-bond acceptors (Lipinski definition) is 7. The molecule has 1 aliphatic rings. The molecule has 1 aliphatic heterocycles. The van der Waals surface area contributed by atoms with E-state index in [-0.39, 0.29) is 11.8 Å². The first-order chi connectivity index (χ1) is 13.6. The number of Topliss-reactive ketones (excluding diaryl/α,β-unsaturated/α-hetero) is 1. The Morgan fingerprint density at radius 2 is 2.04 bits per heavy atom. The molecule has 7 nitrogen and oxygen atoms in total. The lowest BCUT2D eigenvalue weighted by atomic mass is 10.0. The number of carbonyl (C=O) groups is 1. The molecule has 0 saturated carbocycles. The fraction of sp³-hybridized carbons (Fsp3) is 0.333. The Morgan fingerprint density at radius 3 is 2.82 bits per heavy atom. The van der Waals surface area contributed by atoms with E-state index in [4.69, 9.17) is 4.42 Å². The van der Waals surface area contributed by atoms with Crippen molar-refractivity contribution in [2.75, 3.05) is 16.8 Å². The second-order valence-corrected chi connectivity index (χ2v) is 6.92. The van der Waals surface area contributed by atoms with Crippen LogP contribution in [0.15, 0.2) is 47.3 Å². The lowest BCUT2D eigenvalue weighted by molar-refractivity contribution is -0.121. The number of carbonyl (C=O) groups excluding carboxylic acids is 1. The van der Waals surface area contributed by atoms with Gasteiger partial charge >= 0.3 is 0 Å². The highest BCUT2D eigenvalue weighted by Gasteiger charge is 2.28. The number of rotatable bonds is 5. The number of aryl methyl sites for hydroxylation is 1. The predicted molar refractivity (Wildman–Crippen MR) is 108 cm³/mol. The molecule has 3 aromatic rings. The maximum atomic E-state index is 12.0.